The number of aliphatic hydroxyl groups excluding tert-OH is 1. The van der Waals surface area contributed by atoms with Crippen molar-refractivity contribution in [2.45, 2.75) is 50.3 Å². The lowest BCUT2D eigenvalue weighted by Crippen LogP contribution is -2.41. The van der Waals surface area contributed by atoms with Crippen molar-refractivity contribution in [1.29, 1.82) is 5.26 Å². The summed E-state index contributed by atoms with van der Waals surface area (Å²) in [5.41, 5.74) is 0.579. The van der Waals surface area contributed by atoms with Gasteiger partial charge in [0.1, 0.15) is 24.3 Å². The van der Waals surface area contributed by atoms with Gasteiger partial charge in [-0.2, -0.15) is 10.2 Å². The number of rotatable bonds is 6. The second kappa shape index (κ2) is 7.54. The average Bonchev–Trinajstić information content (AvgIpc) is 3.43. The van der Waals surface area contributed by atoms with Crippen molar-refractivity contribution in [3.8, 4) is 6.07 Å². The highest BCUT2D eigenvalue weighted by Gasteiger charge is 2.45. The molecule has 3 atom stereocenters. The summed E-state index contributed by atoms with van der Waals surface area (Å²) in [6.45, 7) is 3.42. The first-order valence-corrected chi connectivity index (χ1v) is 9.79. The summed E-state index contributed by atoms with van der Waals surface area (Å²) in [5.74, 6) is 0.0966. The number of aliphatic hydroxyl groups is 1. The van der Waals surface area contributed by atoms with E-state index < -0.39 is 35.5 Å². The molecule has 0 bridgehead atoms. The number of amides is 1. The van der Waals surface area contributed by atoms with E-state index in [9.17, 15) is 19.6 Å². The zero-order chi connectivity index (χ0) is 21.5. The average molecular weight is 411 g/mol. The Bertz CT molecular complexity index is 1020. The number of cyclic esters (lactones) is 1. The Labute approximate surface area is 173 Å². The van der Waals surface area contributed by atoms with Gasteiger partial charge in [0.05, 0.1) is 23.6 Å². The second-order valence-corrected chi connectivity index (χ2v) is 7.79. The first-order valence-electron chi connectivity index (χ1n) is 9.79. The van der Waals surface area contributed by atoms with E-state index >= 15 is 0 Å². The van der Waals surface area contributed by atoms with Crippen LogP contribution in [0.2, 0.25) is 0 Å². The van der Waals surface area contributed by atoms with Gasteiger partial charge in [-0.1, -0.05) is 12.1 Å². The van der Waals surface area contributed by atoms with E-state index in [2.05, 4.69) is 21.4 Å². The molecule has 2 N–H and O–H groups in total. The Morgan fingerprint density at radius 3 is 2.80 bits per heavy atom. The normalized spacial score (nSPS) is 21.5. The van der Waals surface area contributed by atoms with Crippen LogP contribution in [-0.4, -0.2) is 39.9 Å². The van der Waals surface area contributed by atoms with Crippen LogP contribution in [0.4, 0.5) is 21.0 Å². The lowest BCUT2D eigenvalue weighted by atomic mass is 9.95. The Balaban J connectivity index is 1.53. The fraction of sp³-hybridized carbons (Fsp3) is 0.429. The quantitative estimate of drug-likeness (QED) is 0.751. The van der Waals surface area contributed by atoms with Gasteiger partial charge in [0, 0.05) is 11.8 Å². The van der Waals surface area contributed by atoms with Crippen LogP contribution in [0, 0.1) is 17.1 Å². The summed E-state index contributed by atoms with van der Waals surface area (Å²) < 4.78 is 19.8. The molecule has 9 heteroatoms. The molecule has 1 amide bonds. The number of nitrogens with one attached hydrogen (secondary N) is 1. The van der Waals surface area contributed by atoms with Crippen molar-refractivity contribution < 1.29 is 19.0 Å². The predicted molar refractivity (Wildman–Crippen MR) is 106 cm³/mol. The summed E-state index contributed by atoms with van der Waals surface area (Å²) in [4.78, 5) is 21.8. The number of halogens is 1. The van der Waals surface area contributed by atoms with E-state index in [0.29, 0.717) is 11.1 Å². The minimum atomic E-state index is -0.794. The largest absolute Gasteiger partial charge is 0.447 e. The Morgan fingerprint density at radius 2 is 2.17 bits per heavy atom. The third-order valence-electron chi connectivity index (χ3n) is 5.68. The zero-order valence-corrected chi connectivity index (χ0v) is 16.7. The molecule has 2 aromatic rings. The Kier molecular flexibility index (Phi) is 5.03. The van der Waals surface area contributed by atoms with E-state index in [1.54, 1.807) is 32.0 Å². The predicted octanol–water partition coefficient (Wildman–Crippen LogP) is 3.05. The third-order valence-corrected chi connectivity index (χ3v) is 5.68. The van der Waals surface area contributed by atoms with Crippen molar-refractivity contribution in [2.75, 3.05) is 16.8 Å². The lowest BCUT2D eigenvalue weighted by molar-refractivity contribution is 0.142. The molecule has 8 nitrogen and oxygen atoms in total. The monoisotopic (exact) mass is 411 g/mol. The highest BCUT2D eigenvalue weighted by Crippen LogP contribution is 2.47. The van der Waals surface area contributed by atoms with Gasteiger partial charge in [-0.15, -0.1) is 0 Å². The van der Waals surface area contributed by atoms with Crippen LogP contribution in [0.3, 0.4) is 0 Å². The smallest absolute Gasteiger partial charge is 0.416 e. The summed E-state index contributed by atoms with van der Waals surface area (Å²) >= 11 is 0. The van der Waals surface area contributed by atoms with Crippen LogP contribution < -0.4 is 10.2 Å². The molecule has 4 rings (SSSR count). The molecular formula is C21H22FN5O3. The number of ether oxygens (including phenoxy) is 1. The van der Waals surface area contributed by atoms with Crippen LogP contribution in [0.5, 0.6) is 0 Å². The fourth-order valence-corrected chi connectivity index (χ4v) is 3.64. The highest BCUT2D eigenvalue weighted by molar-refractivity contribution is 5.89. The molecule has 1 aliphatic heterocycles. The van der Waals surface area contributed by atoms with Gasteiger partial charge < -0.3 is 15.2 Å². The number of benzene rings is 1. The SMILES string of the molecule is C[C@H](Nc1nccc(N2C(=O)OCC2[C@@H](C)O)n1)c1ccc(C2(C#N)CC2)cc1F. The van der Waals surface area contributed by atoms with Gasteiger partial charge in [-0.25, -0.2) is 14.2 Å². The van der Waals surface area contributed by atoms with Gasteiger partial charge in [-0.05, 0) is 44.4 Å². The number of carbonyl (C=O) groups excluding carboxylic acids is 1. The number of anilines is 2. The number of aromatic nitrogens is 2. The molecule has 156 valence electrons. The summed E-state index contributed by atoms with van der Waals surface area (Å²) in [5, 5.41) is 22.3. The van der Waals surface area contributed by atoms with Crippen LogP contribution >= 0.6 is 0 Å². The lowest BCUT2D eigenvalue weighted by Gasteiger charge is -2.23. The molecule has 1 unspecified atom stereocenters. The van der Waals surface area contributed by atoms with Crippen LogP contribution in [0.1, 0.15) is 43.9 Å². The van der Waals surface area contributed by atoms with Crippen LogP contribution in [0.25, 0.3) is 0 Å². The van der Waals surface area contributed by atoms with Gasteiger partial charge in [-0.3, -0.25) is 4.90 Å². The van der Waals surface area contributed by atoms with Crippen molar-refractivity contribution in [3.63, 3.8) is 0 Å². The molecule has 1 saturated carbocycles. The zero-order valence-electron chi connectivity index (χ0n) is 16.7. The first kappa shape index (κ1) is 20.0. The Hall–Kier alpha value is -3.25. The number of carbonyl (C=O) groups is 1. The standard InChI is InChI=1S/C21H22FN5O3/c1-12(15-4-3-14(9-16(15)22)21(11-23)6-7-21)25-19-24-8-5-18(26-19)27-17(13(2)28)10-30-20(27)29/h3-5,8-9,12-13,17,28H,6-7,10H2,1-2H3,(H,24,25,26)/t12-,13+,17?/m0/s1. The second-order valence-electron chi connectivity index (χ2n) is 7.79. The molecule has 2 aliphatic rings. The maximum absolute atomic E-state index is 14.7. The van der Waals surface area contributed by atoms with Crippen molar-refractivity contribution in [2.24, 2.45) is 0 Å². The summed E-state index contributed by atoms with van der Waals surface area (Å²) in [6.07, 6.45) is 1.60. The fourth-order valence-electron chi connectivity index (χ4n) is 3.64. The molecule has 2 fully saturated rings. The summed E-state index contributed by atoms with van der Waals surface area (Å²) in [6, 6.07) is 7.70. The van der Waals surface area contributed by atoms with E-state index in [0.717, 1.165) is 12.8 Å². The number of nitriles is 1. The number of nitrogens with zero attached hydrogens (tertiary/aromatic N) is 4. The molecule has 0 radical (unpaired) electrons. The maximum Gasteiger partial charge on any atom is 0.416 e. The van der Waals surface area contributed by atoms with E-state index in [1.165, 1.54) is 17.2 Å². The minimum Gasteiger partial charge on any atom is -0.447 e. The highest BCUT2D eigenvalue weighted by atomic mass is 19.1. The van der Waals surface area contributed by atoms with Crippen molar-refractivity contribution >= 4 is 17.9 Å². The first-order chi connectivity index (χ1) is 14.3. The van der Waals surface area contributed by atoms with Crippen LogP contribution in [-0.2, 0) is 10.2 Å². The molecular weight excluding hydrogens is 389 g/mol. The van der Waals surface area contributed by atoms with E-state index in [4.69, 9.17) is 4.74 Å². The van der Waals surface area contributed by atoms with Crippen LogP contribution in [0.15, 0.2) is 30.5 Å². The maximum atomic E-state index is 14.7. The van der Waals surface area contributed by atoms with Gasteiger partial charge >= 0.3 is 6.09 Å². The minimum absolute atomic E-state index is 0.0708. The van der Waals surface area contributed by atoms with Crippen molar-refractivity contribution in [1.82, 2.24) is 9.97 Å². The molecule has 0 spiro atoms. The molecule has 1 saturated heterocycles. The molecule has 30 heavy (non-hydrogen) atoms. The van der Waals surface area contributed by atoms with Gasteiger partial charge in [0.2, 0.25) is 5.95 Å². The third kappa shape index (κ3) is 3.55. The number of hydrogen-bond donors (Lipinski definition) is 2. The van der Waals surface area contributed by atoms with E-state index in [1.807, 2.05) is 0 Å². The van der Waals surface area contributed by atoms with Gasteiger partial charge in [0.15, 0.2) is 0 Å². The van der Waals surface area contributed by atoms with E-state index in [-0.39, 0.29) is 18.4 Å². The van der Waals surface area contributed by atoms with Gasteiger partial charge in [0.25, 0.3) is 0 Å². The molecule has 2 heterocycles. The Morgan fingerprint density at radius 1 is 1.40 bits per heavy atom. The number of hydrogen-bond acceptors (Lipinski definition) is 7. The topological polar surface area (TPSA) is 111 Å². The van der Waals surface area contributed by atoms with Crippen molar-refractivity contribution in [3.05, 3.63) is 47.4 Å². The molecule has 1 aliphatic carbocycles. The summed E-state index contributed by atoms with van der Waals surface area (Å²) in [7, 11) is 0. The molecule has 1 aromatic heterocycles. The molecule has 1 aromatic carbocycles.